The Morgan fingerprint density at radius 3 is 2.44 bits per heavy atom. The summed E-state index contributed by atoms with van der Waals surface area (Å²) in [7, 11) is 0. The highest BCUT2D eigenvalue weighted by molar-refractivity contribution is 5.20. The van der Waals surface area contributed by atoms with Gasteiger partial charge in [-0.05, 0) is 18.9 Å². The van der Waals surface area contributed by atoms with Crippen LogP contribution in [0.1, 0.15) is 57.6 Å². The van der Waals surface area contributed by atoms with Crippen LogP contribution in [0.15, 0.2) is 18.3 Å². The van der Waals surface area contributed by atoms with Crippen molar-refractivity contribution in [1.29, 1.82) is 0 Å². The van der Waals surface area contributed by atoms with Gasteiger partial charge in [-0.25, -0.2) is 0 Å². The first-order valence-corrected chi connectivity index (χ1v) is 6.47. The fraction of sp³-hybridized carbons (Fsp3) is 0.643. The molecular formula is C14H23NO. The molecule has 2 nitrogen and oxygen atoms in total. The van der Waals surface area contributed by atoms with E-state index >= 15 is 0 Å². The Bertz CT molecular complexity index is 286. The molecule has 0 amide bonds. The van der Waals surface area contributed by atoms with Crippen LogP contribution >= 0.6 is 0 Å². The fourth-order valence-corrected chi connectivity index (χ4v) is 1.87. The van der Waals surface area contributed by atoms with Crippen LogP contribution in [-0.2, 0) is 6.42 Å². The topological polar surface area (TPSA) is 33.1 Å². The van der Waals surface area contributed by atoms with Gasteiger partial charge in [-0.1, -0.05) is 45.4 Å². The quantitative estimate of drug-likeness (QED) is 0.671. The number of aromatic hydroxyl groups is 1. The minimum Gasteiger partial charge on any atom is -0.508 e. The predicted octanol–water partition coefficient (Wildman–Crippen LogP) is 4.08. The highest BCUT2D eigenvalue weighted by atomic mass is 16.3. The van der Waals surface area contributed by atoms with E-state index in [2.05, 4.69) is 11.9 Å². The molecule has 0 aliphatic rings. The van der Waals surface area contributed by atoms with Gasteiger partial charge >= 0.3 is 0 Å². The van der Waals surface area contributed by atoms with Crippen molar-refractivity contribution in [3.63, 3.8) is 0 Å². The molecule has 0 radical (unpaired) electrons. The van der Waals surface area contributed by atoms with E-state index in [1.54, 1.807) is 18.3 Å². The van der Waals surface area contributed by atoms with E-state index in [-0.39, 0.29) is 0 Å². The van der Waals surface area contributed by atoms with Gasteiger partial charge in [-0.3, -0.25) is 4.98 Å². The first-order chi connectivity index (χ1) is 7.83. The van der Waals surface area contributed by atoms with Crippen molar-refractivity contribution in [3.05, 3.63) is 24.0 Å². The molecule has 0 aliphatic carbocycles. The molecule has 90 valence electrons. The second kappa shape index (κ2) is 8.14. The number of aryl methyl sites for hydroxylation is 1. The van der Waals surface area contributed by atoms with Crippen molar-refractivity contribution in [2.24, 2.45) is 0 Å². The van der Waals surface area contributed by atoms with Crippen LogP contribution in [0.4, 0.5) is 0 Å². The third-order valence-electron chi connectivity index (χ3n) is 2.84. The van der Waals surface area contributed by atoms with Gasteiger partial charge in [-0.2, -0.15) is 0 Å². The van der Waals surface area contributed by atoms with E-state index in [4.69, 9.17) is 0 Å². The first kappa shape index (κ1) is 13.0. The van der Waals surface area contributed by atoms with Gasteiger partial charge in [0.25, 0.3) is 0 Å². The molecule has 0 atom stereocenters. The van der Waals surface area contributed by atoms with Crippen LogP contribution < -0.4 is 0 Å². The molecule has 0 spiro atoms. The summed E-state index contributed by atoms with van der Waals surface area (Å²) in [6, 6.07) is 3.38. The fourth-order valence-electron chi connectivity index (χ4n) is 1.87. The maximum Gasteiger partial charge on any atom is 0.118 e. The molecule has 2 heteroatoms. The molecule has 1 heterocycles. The Balaban J connectivity index is 2.03. The van der Waals surface area contributed by atoms with Crippen molar-refractivity contribution in [1.82, 2.24) is 4.98 Å². The Labute approximate surface area is 98.7 Å². The minimum absolute atomic E-state index is 0.327. The number of unbranched alkanes of at least 4 members (excludes halogenated alkanes) is 6. The highest BCUT2D eigenvalue weighted by Gasteiger charge is 1.96. The number of hydrogen-bond donors (Lipinski definition) is 1. The molecule has 0 saturated carbocycles. The highest BCUT2D eigenvalue weighted by Crippen LogP contribution is 2.12. The average Bonchev–Trinajstić information content (AvgIpc) is 2.28. The summed E-state index contributed by atoms with van der Waals surface area (Å²) in [4.78, 5) is 4.23. The van der Waals surface area contributed by atoms with E-state index in [0.717, 1.165) is 12.1 Å². The van der Waals surface area contributed by atoms with Gasteiger partial charge in [-0.15, -0.1) is 0 Å². The summed E-state index contributed by atoms with van der Waals surface area (Å²) in [6.45, 7) is 2.24. The van der Waals surface area contributed by atoms with Crippen molar-refractivity contribution in [2.45, 2.75) is 58.3 Å². The van der Waals surface area contributed by atoms with Gasteiger partial charge in [0.15, 0.2) is 0 Å². The molecular weight excluding hydrogens is 198 g/mol. The Morgan fingerprint density at radius 2 is 1.75 bits per heavy atom. The zero-order chi connectivity index (χ0) is 11.6. The van der Waals surface area contributed by atoms with Gasteiger partial charge < -0.3 is 5.11 Å². The summed E-state index contributed by atoms with van der Waals surface area (Å²) >= 11 is 0. The molecule has 16 heavy (non-hydrogen) atoms. The SMILES string of the molecule is CCCCCCCCCc1cc(O)ccn1. The summed E-state index contributed by atoms with van der Waals surface area (Å²) in [6.07, 6.45) is 11.9. The lowest BCUT2D eigenvalue weighted by atomic mass is 10.1. The third-order valence-corrected chi connectivity index (χ3v) is 2.84. The molecule has 0 aliphatic heterocycles. The average molecular weight is 221 g/mol. The molecule has 1 aromatic rings. The van der Waals surface area contributed by atoms with Gasteiger partial charge in [0.2, 0.25) is 0 Å². The predicted molar refractivity (Wildman–Crippen MR) is 67.6 cm³/mol. The molecule has 0 unspecified atom stereocenters. The number of hydrogen-bond acceptors (Lipinski definition) is 2. The van der Waals surface area contributed by atoms with Crippen molar-refractivity contribution >= 4 is 0 Å². The summed E-state index contributed by atoms with van der Waals surface area (Å²) in [5, 5.41) is 9.27. The zero-order valence-electron chi connectivity index (χ0n) is 10.3. The van der Waals surface area contributed by atoms with Crippen LogP contribution in [0.5, 0.6) is 5.75 Å². The second-order valence-electron chi connectivity index (χ2n) is 4.38. The molecule has 0 bridgehead atoms. The van der Waals surface area contributed by atoms with Crippen LogP contribution in [-0.4, -0.2) is 10.1 Å². The minimum atomic E-state index is 0.327. The second-order valence-corrected chi connectivity index (χ2v) is 4.38. The molecule has 1 aromatic heterocycles. The summed E-state index contributed by atoms with van der Waals surface area (Å²) < 4.78 is 0. The van der Waals surface area contributed by atoms with E-state index in [1.165, 1.54) is 44.9 Å². The lowest BCUT2D eigenvalue weighted by Crippen LogP contribution is -1.89. The van der Waals surface area contributed by atoms with Crippen LogP contribution in [0.3, 0.4) is 0 Å². The standard InChI is InChI=1S/C14H23NO/c1-2-3-4-5-6-7-8-9-13-12-14(16)10-11-15-13/h10-12H,2-9H2,1H3,(H,15,16). The maximum absolute atomic E-state index is 9.27. The number of rotatable bonds is 8. The van der Waals surface area contributed by atoms with Gasteiger partial charge in [0, 0.05) is 18.0 Å². The van der Waals surface area contributed by atoms with Gasteiger partial charge in [0.05, 0.1) is 0 Å². The monoisotopic (exact) mass is 221 g/mol. The van der Waals surface area contributed by atoms with E-state index < -0.39 is 0 Å². The first-order valence-electron chi connectivity index (χ1n) is 6.47. The number of aromatic nitrogens is 1. The Kier molecular flexibility index (Phi) is 6.62. The summed E-state index contributed by atoms with van der Waals surface area (Å²) in [5.41, 5.74) is 1.01. The molecule has 0 saturated heterocycles. The van der Waals surface area contributed by atoms with Crippen molar-refractivity contribution < 1.29 is 5.11 Å². The molecule has 1 N–H and O–H groups in total. The Morgan fingerprint density at radius 1 is 1.06 bits per heavy atom. The number of nitrogens with zero attached hydrogens (tertiary/aromatic N) is 1. The van der Waals surface area contributed by atoms with E-state index in [1.807, 2.05) is 0 Å². The van der Waals surface area contributed by atoms with Crippen molar-refractivity contribution in [2.75, 3.05) is 0 Å². The van der Waals surface area contributed by atoms with Crippen molar-refractivity contribution in [3.8, 4) is 5.75 Å². The van der Waals surface area contributed by atoms with E-state index in [9.17, 15) is 5.11 Å². The molecule has 1 rings (SSSR count). The number of pyridine rings is 1. The lowest BCUT2D eigenvalue weighted by molar-refractivity contribution is 0.473. The normalized spacial score (nSPS) is 10.6. The largest absolute Gasteiger partial charge is 0.508 e. The van der Waals surface area contributed by atoms with Crippen LogP contribution in [0, 0.1) is 0 Å². The Hall–Kier alpha value is -1.05. The summed E-state index contributed by atoms with van der Waals surface area (Å²) in [5.74, 6) is 0.327. The molecule has 0 aromatic carbocycles. The molecule has 0 fully saturated rings. The van der Waals surface area contributed by atoms with Crippen LogP contribution in [0.2, 0.25) is 0 Å². The van der Waals surface area contributed by atoms with Gasteiger partial charge in [0.1, 0.15) is 5.75 Å². The lowest BCUT2D eigenvalue weighted by Gasteiger charge is -2.02. The maximum atomic E-state index is 9.27. The van der Waals surface area contributed by atoms with E-state index in [0.29, 0.717) is 5.75 Å². The smallest absolute Gasteiger partial charge is 0.118 e. The third kappa shape index (κ3) is 5.74. The zero-order valence-corrected chi connectivity index (χ0v) is 10.3. The van der Waals surface area contributed by atoms with Crippen LogP contribution in [0.25, 0.3) is 0 Å².